The van der Waals surface area contributed by atoms with Crippen LogP contribution < -0.4 is 4.90 Å². The fourth-order valence-electron chi connectivity index (χ4n) is 6.53. The molecule has 0 amide bonds. The Hall–Kier alpha value is -5.81. The lowest BCUT2D eigenvalue weighted by molar-refractivity contribution is -0.192. The van der Waals surface area contributed by atoms with Crippen molar-refractivity contribution in [1.82, 2.24) is 40.0 Å². The molecule has 284 valence electrons. The lowest BCUT2D eigenvalue weighted by Gasteiger charge is -2.31. The number of anilines is 1. The van der Waals surface area contributed by atoms with E-state index >= 15 is 0 Å². The van der Waals surface area contributed by atoms with Crippen molar-refractivity contribution in [2.75, 3.05) is 42.6 Å². The van der Waals surface area contributed by atoms with Crippen LogP contribution in [-0.2, 0) is 21.2 Å². The van der Waals surface area contributed by atoms with Crippen LogP contribution in [0.15, 0.2) is 91.3 Å². The van der Waals surface area contributed by atoms with E-state index in [1.807, 2.05) is 41.3 Å². The maximum Gasteiger partial charge on any atom is 0.490 e. The predicted octanol–water partition coefficient (Wildman–Crippen LogP) is 5.79. The molecule has 55 heavy (non-hydrogen) atoms. The van der Waals surface area contributed by atoms with Gasteiger partial charge in [0, 0.05) is 54.5 Å². The topological polar surface area (TPSA) is 171 Å². The number of aromatic amines is 1. The third kappa shape index (κ3) is 9.12. The fraction of sp³-hybridized carbons (Fsp3) is 0.289. The Labute approximate surface area is 314 Å². The number of aromatic nitrogens is 7. The molecule has 2 aliphatic heterocycles. The molecule has 0 unspecified atom stereocenters. The summed E-state index contributed by atoms with van der Waals surface area (Å²) in [4.78, 5) is 36.9. The number of fused-ring (bicyclic) bond motifs is 1. The molecule has 2 N–H and O–H groups in total. The molecule has 0 radical (unpaired) electrons. The second-order valence-corrected chi connectivity index (χ2v) is 15.6. The summed E-state index contributed by atoms with van der Waals surface area (Å²) in [5.41, 5.74) is 6.57. The highest BCUT2D eigenvalue weighted by Gasteiger charge is 2.38. The zero-order valence-electron chi connectivity index (χ0n) is 29.4. The van der Waals surface area contributed by atoms with Crippen LogP contribution in [0.2, 0.25) is 0 Å². The minimum absolute atomic E-state index is 0.110. The molecule has 2 fully saturated rings. The van der Waals surface area contributed by atoms with Crippen molar-refractivity contribution < 1.29 is 31.5 Å². The summed E-state index contributed by atoms with van der Waals surface area (Å²) in [5, 5.41) is 15.5. The number of aliphatic carboxylic acids is 1. The van der Waals surface area contributed by atoms with Gasteiger partial charge in [0.1, 0.15) is 11.5 Å². The number of halogens is 3. The number of sulfone groups is 1. The van der Waals surface area contributed by atoms with E-state index in [2.05, 4.69) is 67.5 Å². The number of piperidine rings is 1. The average molecular weight is 772 g/mol. The lowest BCUT2D eigenvalue weighted by atomic mass is 9.95. The molecular formula is C38H36F3N9O4S. The summed E-state index contributed by atoms with van der Waals surface area (Å²) < 4.78 is 55.7. The van der Waals surface area contributed by atoms with Crippen LogP contribution in [0.5, 0.6) is 0 Å². The zero-order chi connectivity index (χ0) is 38.6. The second-order valence-electron chi connectivity index (χ2n) is 13.3. The van der Waals surface area contributed by atoms with E-state index < -0.39 is 22.0 Å². The number of hydrogen-bond donors (Lipinski definition) is 2. The number of rotatable bonds is 7. The van der Waals surface area contributed by atoms with Crippen molar-refractivity contribution in [3.8, 4) is 33.9 Å². The molecule has 13 nitrogen and oxygen atoms in total. The minimum Gasteiger partial charge on any atom is -0.475 e. The molecular weight excluding hydrogens is 736 g/mol. The van der Waals surface area contributed by atoms with Crippen LogP contribution in [0.3, 0.4) is 0 Å². The first-order valence-corrected chi connectivity index (χ1v) is 19.4. The lowest BCUT2D eigenvalue weighted by Crippen LogP contribution is -2.41. The number of benzene rings is 2. The highest BCUT2D eigenvalue weighted by molar-refractivity contribution is 7.91. The summed E-state index contributed by atoms with van der Waals surface area (Å²) in [6.07, 6.45) is 0.509. The van der Waals surface area contributed by atoms with Crippen LogP contribution in [-0.4, -0.2) is 103 Å². The van der Waals surface area contributed by atoms with E-state index in [-0.39, 0.29) is 11.5 Å². The van der Waals surface area contributed by atoms with Gasteiger partial charge < -0.3 is 10.0 Å². The van der Waals surface area contributed by atoms with Gasteiger partial charge in [-0.1, -0.05) is 60.7 Å². The van der Waals surface area contributed by atoms with Gasteiger partial charge in [-0.05, 0) is 55.3 Å². The summed E-state index contributed by atoms with van der Waals surface area (Å²) >= 11 is 0. The Bertz CT molecular complexity index is 2360. The molecule has 0 spiro atoms. The fourth-order valence-corrected chi connectivity index (χ4v) is 7.74. The molecule has 8 rings (SSSR count). The van der Waals surface area contributed by atoms with E-state index in [0.717, 1.165) is 71.8 Å². The standard InChI is InChI=1S/C36H35N9O2S.C2HF3O2/c46-48(47)20-18-45(19-21-48)36-38-23-29-22-30(26-6-2-1-3-7-26)32(39-33(29)41-36)27-11-9-25(10-12-27)24-44-16-13-28(14-17-44)34-40-35(43-42-34)31-8-4-5-15-37-31;3-2(4,5)1(6)7/h1-12,15,22-23,28H,13-14,16-21,24H2,(H,40,42,43);(H,6,7). The highest BCUT2D eigenvalue weighted by Crippen LogP contribution is 2.34. The third-order valence-corrected chi connectivity index (χ3v) is 11.1. The minimum atomic E-state index is -5.08. The van der Waals surface area contributed by atoms with E-state index in [9.17, 15) is 21.6 Å². The van der Waals surface area contributed by atoms with Gasteiger partial charge in [0.15, 0.2) is 21.3 Å². The van der Waals surface area contributed by atoms with E-state index in [0.29, 0.717) is 36.4 Å². The Kier molecular flexibility index (Phi) is 10.8. The Morgan fingerprint density at radius 2 is 1.55 bits per heavy atom. The van der Waals surface area contributed by atoms with Gasteiger partial charge in [-0.2, -0.15) is 23.3 Å². The van der Waals surface area contributed by atoms with Gasteiger partial charge in [0.2, 0.25) is 5.95 Å². The number of alkyl halides is 3. The molecule has 0 saturated carbocycles. The number of nitrogens with zero attached hydrogens (tertiary/aromatic N) is 8. The number of carbonyl (C=O) groups is 1. The summed E-state index contributed by atoms with van der Waals surface area (Å²) in [6, 6.07) is 26.8. The number of hydrogen-bond acceptors (Lipinski definition) is 11. The Morgan fingerprint density at radius 3 is 2.20 bits per heavy atom. The van der Waals surface area contributed by atoms with Crippen molar-refractivity contribution in [2.45, 2.75) is 31.5 Å². The van der Waals surface area contributed by atoms with Crippen molar-refractivity contribution in [1.29, 1.82) is 0 Å². The summed E-state index contributed by atoms with van der Waals surface area (Å²) in [6.45, 7) is 3.62. The van der Waals surface area contributed by atoms with Gasteiger partial charge in [-0.25, -0.2) is 28.2 Å². The Balaban J connectivity index is 0.000000609. The molecule has 2 aromatic carbocycles. The number of carboxylic acids is 1. The van der Waals surface area contributed by atoms with Crippen LogP contribution in [0.4, 0.5) is 19.1 Å². The first-order valence-electron chi connectivity index (χ1n) is 17.6. The SMILES string of the molecule is O=C(O)C(F)(F)F.O=S1(=O)CCN(c2ncc3cc(-c4ccccc4)c(-c4ccc(CN5CCC(c6nc(-c7ccccn7)n[nH]6)CC5)cc4)nc3n2)CC1. The Morgan fingerprint density at radius 1 is 0.855 bits per heavy atom. The molecule has 17 heteroatoms. The van der Waals surface area contributed by atoms with Gasteiger partial charge in [0.05, 0.1) is 17.2 Å². The maximum atomic E-state index is 12.0. The maximum absolute atomic E-state index is 12.0. The normalized spacial score (nSPS) is 16.4. The van der Waals surface area contributed by atoms with E-state index in [1.54, 1.807) is 12.4 Å². The monoisotopic (exact) mass is 771 g/mol. The van der Waals surface area contributed by atoms with Crippen LogP contribution >= 0.6 is 0 Å². The van der Waals surface area contributed by atoms with Gasteiger partial charge in [-0.3, -0.25) is 15.0 Å². The number of H-pyrrole nitrogens is 1. The highest BCUT2D eigenvalue weighted by atomic mass is 32.2. The van der Waals surface area contributed by atoms with Gasteiger partial charge >= 0.3 is 12.1 Å². The van der Waals surface area contributed by atoms with Crippen molar-refractivity contribution in [3.05, 3.63) is 103 Å². The summed E-state index contributed by atoms with van der Waals surface area (Å²) in [5.74, 6) is -0.0725. The number of carboxylic acid groups (broad SMARTS) is 1. The number of likely N-dealkylation sites (tertiary alicyclic amines) is 1. The second kappa shape index (κ2) is 15.9. The molecule has 0 atom stereocenters. The molecule has 4 aromatic heterocycles. The predicted molar refractivity (Wildman–Crippen MR) is 200 cm³/mol. The first kappa shape index (κ1) is 37.5. The molecule has 0 aliphatic carbocycles. The molecule has 2 saturated heterocycles. The van der Waals surface area contributed by atoms with Crippen LogP contribution in [0.1, 0.15) is 30.1 Å². The average Bonchev–Trinajstić information content (AvgIpc) is 3.69. The van der Waals surface area contributed by atoms with Crippen molar-refractivity contribution >= 4 is 32.8 Å². The molecule has 2 aliphatic rings. The quantitative estimate of drug-likeness (QED) is 0.201. The summed E-state index contributed by atoms with van der Waals surface area (Å²) in [7, 11) is -3.00. The first-order chi connectivity index (χ1) is 26.4. The van der Waals surface area contributed by atoms with E-state index in [4.69, 9.17) is 24.9 Å². The number of pyridine rings is 2. The van der Waals surface area contributed by atoms with Gasteiger partial charge in [0.25, 0.3) is 0 Å². The number of nitrogens with one attached hydrogen (secondary N) is 1. The molecule has 6 heterocycles. The third-order valence-electron chi connectivity index (χ3n) is 9.51. The van der Waals surface area contributed by atoms with Gasteiger partial charge in [-0.15, -0.1) is 0 Å². The zero-order valence-corrected chi connectivity index (χ0v) is 30.2. The van der Waals surface area contributed by atoms with Crippen LogP contribution in [0, 0.1) is 0 Å². The van der Waals surface area contributed by atoms with Crippen molar-refractivity contribution in [2.24, 2.45) is 0 Å². The smallest absolute Gasteiger partial charge is 0.475 e. The molecule has 6 aromatic rings. The molecule has 0 bridgehead atoms. The largest absolute Gasteiger partial charge is 0.490 e. The van der Waals surface area contributed by atoms with E-state index in [1.165, 1.54) is 5.56 Å². The van der Waals surface area contributed by atoms with Crippen LogP contribution in [0.25, 0.3) is 44.9 Å². The van der Waals surface area contributed by atoms with Crippen molar-refractivity contribution in [3.63, 3.8) is 0 Å².